The van der Waals surface area contributed by atoms with Crippen LogP contribution in [0.25, 0.3) is 10.4 Å². The Balaban J connectivity index is 1.64. The molecule has 2 aliphatic rings. The lowest BCUT2D eigenvalue weighted by Crippen LogP contribution is -2.31. The molecule has 4 rings (SSSR count). The summed E-state index contributed by atoms with van der Waals surface area (Å²) >= 11 is 3.56. The molecule has 2 nitrogen and oxygen atoms in total. The number of carbonyl (C=O) groups is 1. The van der Waals surface area contributed by atoms with Crippen molar-refractivity contribution in [3.05, 3.63) is 32.8 Å². The largest absolute Gasteiger partial charge is 0.338 e. The molecule has 1 fully saturated rings. The van der Waals surface area contributed by atoms with E-state index >= 15 is 0 Å². The van der Waals surface area contributed by atoms with Gasteiger partial charge in [-0.25, -0.2) is 0 Å². The molecule has 0 unspecified atom stereocenters. The normalized spacial score (nSPS) is 18.0. The second kappa shape index (κ2) is 5.58. The second-order valence-corrected chi connectivity index (χ2v) is 7.98. The van der Waals surface area contributed by atoms with Crippen molar-refractivity contribution in [2.75, 3.05) is 13.1 Å². The third-order valence-corrected chi connectivity index (χ3v) is 6.70. The van der Waals surface area contributed by atoms with Crippen molar-refractivity contribution in [2.24, 2.45) is 0 Å². The van der Waals surface area contributed by atoms with E-state index in [1.54, 1.807) is 11.3 Å². The Kier molecular flexibility index (Phi) is 3.59. The molecule has 0 spiro atoms. The van der Waals surface area contributed by atoms with Gasteiger partial charge in [-0.15, -0.1) is 22.7 Å². The molecule has 2 aromatic rings. The summed E-state index contributed by atoms with van der Waals surface area (Å²) in [5.41, 5.74) is 2.75. The van der Waals surface area contributed by atoms with Crippen LogP contribution in [-0.4, -0.2) is 23.9 Å². The first-order valence-corrected chi connectivity index (χ1v) is 9.51. The van der Waals surface area contributed by atoms with Gasteiger partial charge in [0.2, 0.25) is 0 Å². The maximum atomic E-state index is 12.8. The number of hydrogen-bond acceptors (Lipinski definition) is 3. The van der Waals surface area contributed by atoms with Crippen molar-refractivity contribution in [1.29, 1.82) is 0 Å². The minimum Gasteiger partial charge on any atom is -0.338 e. The lowest BCUT2D eigenvalue weighted by atomic mass is 9.98. The minimum atomic E-state index is 0.257. The molecule has 110 valence electrons. The molecule has 1 saturated heterocycles. The summed E-state index contributed by atoms with van der Waals surface area (Å²) in [6.07, 6.45) is 7.07. The van der Waals surface area contributed by atoms with E-state index in [0.29, 0.717) is 0 Å². The van der Waals surface area contributed by atoms with E-state index in [4.69, 9.17) is 0 Å². The topological polar surface area (TPSA) is 20.3 Å². The van der Waals surface area contributed by atoms with Gasteiger partial charge < -0.3 is 4.90 Å². The Hall–Kier alpha value is -1.13. The SMILES string of the molecule is O=C(c1cc2c(s1)-c1ccsc1CC2)N1CCCCCC1. The first-order valence-electron chi connectivity index (χ1n) is 7.81. The van der Waals surface area contributed by atoms with Crippen LogP contribution >= 0.6 is 22.7 Å². The fraction of sp³-hybridized carbons (Fsp3) is 0.471. The highest BCUT2D eigenvalue weighted by molar-refractivity contribution is 7.18. The molecule has 0 atom stereocenters. The number of fused-ring (bicyclic) bond motifs is 3. The molecule has 21 heavy (non-hydrogen) atoms. The maximum Gasteiger partial charge on any atom is 0.263 e. The van der Waals surface area contributed by atoms with Gasteiger partial charge in [-0.1, -0.05) is 12.8 Å². The predicted molar refractivity (Wildman–Crippen MR) is 89.4 cm³/mol. The zero-order valence-electron chi connectivity index (χ0n) is 12.1. The molecule has 1 aliphatic carbocycles. The molecule has 0 bridgehead atoms. The van der Waals surface area contributed by atoms with Gasteiger partial charge in [0, 0.05) is 28.4 Å². The average molecular weight is 317 g/mol. The Morgan fingerprint density at radius 3 is 2.71 bits per heavy atom. The maximum absolute atomic E-state index is 12.8. The van der Waals surface area contributed by atoms with E-state index in [1.807, 2.05) is 11.3 Å². The quantitative estimate of drug-likeness (QED) is 0.753. The van der Waals surface area contributed by atoms with Crippen molar-refractivity contribution >= 4 is 28.6 Å². The van der Waals surface area contributed by atoms with Crippen LogP contribution in [0.5, 0.6) is 0 Å². The summed E-state index contributed by atoms with van der Waals surface area (Å²) in [6, 6.07) is 4.38. The monoisotopic (exact) mass is 317 g/mol. The van der Waals surface area contributed by atoms with Gasteiger partial charge in [-0.2, -0.15) is 0 Å². The van der Waals surface area contributed by atoms with Gasteiger partial charge in [-0.05, 0) is 48.8 Å². The smallest absolute Gasteiger partial charge is 0.263 e. The Morgan fingerprint density at radius 2 is 1.90 bits per heavy atom. The second-order valence-electron chi connectivity index (χ2n) is 5.93. The van der Waals surface area contributed by atoms with Gasteiger partial charge in [-0.3, -0.25) is 4.79 Å². The fourth-order valence-corrected chi connectivity index (χ4v) is 5.54. The summed E-state index contributed by atoms with van der Waals surface area (Å²) in [5.74, 6) is 0.257. The van der Waals surface area contributed by atoms with Crippen LogP contribution in [0.15, 0.2) is 17.5 Å². The third-order valence-electron chi connectivity index (χ3n) is 4.52. The molecule has 2 aromatic heterocycles. The first-order chi connectivity index (χ1) is 10.3. The van der Waals surface area contributed by atoms with Gasteiger partial charge in [0.05, 0.1) is 4.88 Å². The molecule has 3 heterocycles. The Bertz CT molecular complexity index is 662. The van der Waals surface area contributed by atoms with Gasteiger partial charge in [0.25, 0.3) is 5.91 Å². The number of hydrogen-bond donors (Lipinski definition) is 0. The Morgan fingerprint density at radius 1 is 1.10 bits per heavy atom. The standard InChI is InChI=1S/C17H19NOS2/c19-17(18-8-3-1-2-4-9-18)15-11-12-5-6-14-13(7-10-20-14)16(12)21-15/h7,10-11H,1-6,8-9H2. The van der Waals surface area contributed by atoms with E-state index in [9.17, 15) is 4.79 Å². The molecule has 0 saturated carbocycles. The summed E-state index contributed by atoms with van der Waals surface area (Å²) in [4.78, 5) is 18.6. The number of carbonyl (C=O) groups excluding carboxylic acids is 1. The molecule has 4 heteroatoms. The molecular formula is C17H19NOS2. The van der Waals surface area contributed by atoms with E-state index in [0.717, 1.165) is 43.6 Å². The van der Waals surface area contributed by atoms with Crippen molar-refractivity contribution in [2.45, 2.75) is 38.5 Å². The molecule has 0 N–H and O–H groups in total. The highest BCUT2D eigenvalue weighted by atomic mass is 32.1. The highest BCUT2D eigenvalue weighted by Gasteiger charge is 2.25. The lowest BCUT2D eigenvalue weighted by molar-refractivity contribution is 0.0766. The zero-order chi connectivity index (χ0) is 14.2. The van der Waals surface area contributed by atoms with Crippen LogP contribution in [0.1, 0.15) is 45.8 Å². The predicted octanol–water partition coefficient (Wildman–Crippen LogP) is 4.59. The van der Waals surface area contributed by atoms with E-state index in [2.05, 4.69) is 22.4 Å². The molecule has 1 amide bonds. The molecule has 1 aliphatic heterocycles. The first kappa shape index (κ1) is 13.5. The number of likely N-dealkylation sites (tertiary alicyclic amines) is 1. The van der Waals surface area contributed by atoms with Gasteiger partial charge in [0.15, 0.2) is 0 Å². The van der Waals surface area contributed by atoms with Crippen molar-refractivity contribution in [3.8, 4) is 10.4 Å². The van der Waals surface area contributed by atoms with Crippen LogP contribution in [0.4, 0.5) is 0 Å². The number of aryl methyl sites for hydroxylation is 2. The number of rotatable bonds is 1. The lowest BCUT2D eigenvalue weighted by Gasteiger charge is -2.19. The van der Waals surface area contributed by atoms with Crippen LogP contribution in [-0.2, 0) is 12.8 Å². The summed E-state index contributed by atoms with van der Waals surface area (Å²) in [7, 11) is 0. The highest BCUT2D eigenvalue weighted by Crippen LogP contribution is 2.42. The van der Waals surface area contributed by atoms with E-state index in [1.165, 1.54) is 33.7 Å². The molecule has 0 radical (unpaired) electrons. The zero-order valence-corrected chi connectivity index (χ0v) is 13.7. The van der Waals surface area contributed by atoms with Crippen molar-refractivity contribution < 1.29 is 4.79 Å². The Labute approximate surface area is 133 Å². The average Bonchev–Trinajstić information content (AvgIpc) is 3.05. The van der Waals surface area contributed by atoms with Crippen molar-refractivity contribution in [3.63, 3.8) is 0 Å². The van der Waals surface area contributed by atoms with Crippen LogP contribution in [0, 0.1) is 0 Å². The molecular weight excluding hydrogens is 298 g/mol. The van der Waals surface area contributed by atoms with Crippen LogP contribution in [0.3, 0.4) is 0 Å². The number of amides is 1. The minimum absolute atomic E-state index is 0.257. The fourth-order valence-electron chi connectivity index (χ4n) is 3.36. The number of nitrogens with zero attached hydrogens (tertiary/aromatic N) is 1. The van der Waals surface area contributed by atoms with E-state index < -0.39 is 0 Å². The van der Waals surface area contributed by atoms with Gasteiger partial charge in [0.1, 0.15) is 0 Å². The van der Waals surface area contributed by atoms with Gasteiger partial charge >= 0.3 is 0 Å². The van der Waals surface area contributed by atoms with Crippen LogP contribution < -0.4 is 0 Å². The summed E-state index contributed by atoms with van der Waals surface area (Å²) in [6.45, 7) is 1.87. The third kappa shape index (κ3) is 2.44. The molecule has 0 aromatic carbocycles. The van der Waals surface area contributed by atoms with Crippen LogP contribution in [0.2, 0.25) is 0 Å². The summed E-state index contributed by atoms with van der Waals surface area (Å²) in [5, 5.41) is 2.18. The number of thiophene rings is 2. The van der Waals surface area contributed by atoms with Crippen molar-refractivity contribution in [1.82, 2.24) is 4.90 Å². The summed E-state index contributed by atoms with van der Waals surface area (Å²) < 4.78 is 0. The van der Waals surface area contributed by atoms with E-state index in [-0.39, 0.29) is 5.91 Å².